The summed E-state index contributed by atoms with van der Waals surface area (Å²) in [5.41, 5.74) is 0. The average Bonchev–Trinajstić information content (AvgIpc) is 2.71. The number of aromatic nitrogens is 3. The first kappa shape index (κ1) is 15.6. The third-order valence-electron chi connectivity index (χ3n) is 2.82. The molecule has 1 rings (SSSR count). The first-order chi connectivity index (χ1) is 8.63. The summed E-state index contributed by atoms with van der Waals surface area (Å²) in [7, 11) is 2.16. The quantitative estimate of drug-likeness (QED) is 0.519. The van der Waals surface area contributed by atoms with Crippen LogP contribution in [-0.2, 0) is 13.1 Å². The van der Waals surface area contributed by atoms with Crippen molar-refractivity contribution < 1.29 is 0 Å². The van der Waals surface area contributed by atoms with Crippen molar-refractivity contribution in [3.8, 4) is 0 Å². The van der Waals surface area contributed by atoms with Gasteiger partial charge in [-0.25, -0.2) is 9.67 Å². The van der Waals surface area contributed by atoms with Gasteiger partial charge in [-0.15, -0.1) is 0 Å². The molecule has 0 N–H and O–H groups in total. The second-order valence-corrected chi connectivity index (χ2v) is 6.03. The van der Waals surface area contributed by atoms with Crippen LogP contribution in [0.25, 0.3) is 0 Å². The fourth-order valence-electron chi connectivity index (χ4n) is 1.88. The molecule has 5 heteroatoms. The smallest absolute Gasteiger partial charge is 0.141 e. The van der Waals surface area contributed by atoms with Crippen molar-refractivity contribution in [3.63, 3.8) is 0 Å². The van der Waals surface area contributed by atoms with Crippen molar-refractivity contribution in [2.45, 2.75) is 46.2 Å². The molecule has 0 atom stereocenters. The number of nitrogens with zero attached hydrogens (tertiary/aromatic N) is 4. The van der Waals surface area contributed by atoms with E-state index < -0.39 is 0 Å². The van der Waals surface area contributed by atoms with Crippen LogP contribution >= 0.6 is 15.9 Å². The third-order valence-corrected chi connectivity index (χ3v) is 3.38. The molecule has 0 bridgehead atoms. The Bertz CT molecular complexity index is 325. The fourth-order valence-corrected chi connectivity index (χ4v) is 2.28. The van der Waals surface area contributed by atoms with E-state index in [0.717, 1.165) is 30.8 Å². The molecule has 0 unspecified atom stereocenters. The Hall–Kier alpha value is -0.420. The number of hydrogen-bond acceptors (Lipinski definition) is 3. The lowest BCUT2D eigenvalue weighted by Crippen LogP contribution is -2.22. The van der Waals surface area contributed by atoms with Gasteiger partial charge >= 0.3 is 0 Å². The van der Waals surface area contributed by atoms with Crippen LogP contribution in [0.5, 0.6) is 0 Å². The Morgan fingerprint density at radius 3 is 2.78 bits per heavy atom. The molecule has 0 saturated heterocycles. The maximum atomic E-state index is 4.36. The van der Waals surface area contributed by atoms with E-state index >= 15 is 0 Å². The zero-order valence-corrected chi connectivity index (χ0v) is 13.4. The summed E-state index contributed by atoms with van der Waals surface area (Å²) in [6, 6.07) is 0. The molecule has 4 nitrogen and oxygen atoms in total. The largest absolute Gasteiger partial charge is 0.299 e. The monoisotopic (exact) mass is 316 g/mol. The zero-order chi connectivity index (χ0) is 13.4. The van der Waals surface area contributed by atoms with Gasteiger partial charge in [0, 0.05) is 11.9 Å². The van der Waals surface area contributed by atoms with Crippen molar-refractivity contribution in [1.29, 1.82) is 0 Å². The molecule has 0 spiro atoms. The van der Waals surface area contributed by atoms with Crippen LogP contribution in [-0.4, -0.2) is 38.6 Å². The van der Waals surface area contributed by atoms with Gasteiger partial charge in [-0.05, 0) is 32.4 Å². The van der Waals surface area contributed by atoms with E-state index in [1.54, 1.807) is 6.33 Å². The average molecular weight is 317 g/mol. The number of unbranched alkanes of at least 4 members (excludes halogenated alkanes) is 2. The van der Waals surface area contributed by atoms with Crippen LogP contribution in [0.4, 0.5) is 0 Å². The van der Waals surface area contributed by atoms with Crippen molar-refractivity contribution in [1.82, 2.24) is 19.7 Å². The van der Waals surface area contributed by atoms with Crippen LogP contribution in [0.1, 0.15) is 38.9 Å². The van der Waals surface area contributed by atoms with E-state index in [9.17, 15) is 0 Å². The highest BCUT2D eigenvalue weighted by Gasteiger charge is 2.08. The molecule has 0 fully saturated rings. The lowest BCUT2D eigenvalue weighted by Gasteiger charge is -2.17. The van der Waals surface area contributed by atoms with Gasteiger partial charge in [0.25, 0.3) is 0 Å². The van der Waals surface area contributed by atoms with Gasteiger partial charge in [0.1, 0.15) is 12.2 Å². The Labute approximate surface area is 119 Å². The minimum atomic E-state index is 0.606. The van der Waals surface area contributed by atoms with Crippen LogP contribution in [0.15, 0.2) is 6.33 Å². The first-order valence-electron chi connectivity index (χ1n) is 6.74. The predicted octanol–water partition coefficient (Wildman–Crippen LogP) is 2.93. The van der Waals surface area contributed by atoms with Gasteiger partial charge in [-0.2, -0.15) is 5.10 Å². The highest BCUT2D eigenvalue weighted by Crippen LogP contribution is 2.05. The summed E-state index contributed by atoms with van der Waals surface area (Å²) < 4.78 is 2.03. The van der Waals surface area contributed by atoms with Crippen molar-refractivity contribution >= 4 is 15.9 Å². The van der Waals surface area contributed by atoms with E-state index in [4.69, 9.17) is 0 Å². The molecule has 0 aliphatic rings. The van der Waals surface area contributed by atoms with Gasteiger partial charge in [0.15, 0.2) is 0 Å². The first-order valence-corrected chi connectivity index (χ1v) is 7.86. The number of alkyl halides is 1. The molecule has 104 valence electrons. The molecule has 0 amide bonds. The second-order valence-electron chi connectivity index (χ2n) is 5.24. The van der Waals surface area contributed by atoms with E-state index in [0.29, 0.717) is 5.92 Å². The highest BCUT2D eigenvalue weighted by atomic mass is 79.9. The topological polar surface area (TPSA) is 34.0 Å². The summed E-state index contributed by atoms with van der Waals surface area (Å²) in [6.45, 7) is 7.38. The molecule has 0 aromatic carbocycles. The molecule has 0 aliphatic heterocycles. The summed E-state index contributed by atoms with van der Waals surface area (Å²) in [5, 5.41) is 5.40. The normalized spacial score (nSPS) is 11.7. The van der Waals surface area contributed by atoms with Crippen molar-refractivity contribution in [2.24, 2.45) is 5.92 Å². The van der Waals surface area contributed by atoms with Crippen molar-refractivity contribution in [2.75, 3.05) is 18.9 Å². The fraction of sp³-hybridized carbons (Fsp3) is 0.846. The minimum Gasteiger partial charge on any atom is -0.299 e. The highest BCUT2D eigenvalue weighted by molar-refractivity contribution is 9.09. The lowest BCUT2D eigenvalue weighted by molar-refractivity contribution is 0.299. The van der Waals surface area contributed by atoms with Gasteiger partial charge < -0.3 is 0 Å². The van der Waals surface area contributed by atoms with Gasteiger partial charge in [0.2, 0.25) is 0 Å². The van der Waals surface area contributed by atoms with E-state index in [1.807, 2.05) is 4.68 Å². The Kier molecular flexibility index (Phi) is 7.51. The van der Waals surface area contributed by atoms with Gasteiger partial charge in [0.05, 0.1) is 6.54 Å². The second kappa shape index (κ2) is 8.64. The summed E-state index contributed by atoms with van der Waals surface area (Å²) in [4.78, 5) is 6.68. The molecule has 0 radical (unpaired) electrons. The van der Waals surface area contributed by atoms with Crippen LogP contribution in [0, 0.1) is 5.92 Å². The number of halogens is 1. The SMILES string of the molecule is CC(C)Cn1ncnc1CN(C)CCCCCBr. The predicted molar refractivity (Wildman–Crippen MR) is 78.8 cm³/mol. The molecule has 1 aromatic heterocycles. The zero-order valence-electron chi connectivity index (χ0n) is 11.8. The minimum absolute atomic E-state index is 0.606. The molecule has 0 aliphatic carbocycles. The van der Waals surface area contributed by atoms with Gasteiger partial charge in [-0.1, -0.05) is 36.2 Å². The van der Waals surface area contributed by atoms with Crippen LogP contribution in [0.2, 0.25) is 0 Å². The van der Waals surface area contributed by atoms with Crippen LogP contribution < -0.4 is 0 Å². The Morgan fingerprint density at radius 1 is 1.33 bits per heavy atom. The summed E-state index contributed by atoms with van der Waals surface area (Å²) in [5.74, 6) is 1.68. The maximum Gasteiger partial charge on any atom is 0.141 e. The Balaban J connectivity index is 2.34. The third kappa shape index (κ3) is 5.96. The van der Waals surface area contributed by atoms with E-state index in [-0.39, 0.29) is 0 Å². The number of hydrogen-bond donors (Lipinski definition) is 0. The molecular formula is C13H25BrN4. The van der Waals surface area contributed by atoms with Gasteiger partial charge in [-0.3, -0.25) is 4.90 Å². The molecule has 18 heavy (non-hydrogen) atoms. The standard InChI is InChI=1S/C13H25BrN4/c1-12(2)9-18-13(15-11-16-18)10-17(3)8-6-4-5-7-14/h11-12H,4-10H2,1-3H3. The maximum absolute atomic E-state index is 4.36. The molecular weight excluding hydrogens is 292 g/mol. The summed E-state index contributed by atoms with van der Waals surface area (Å²) in [6.07, 6.45) is 5.46. The molecule has 0 saturated carbocycles. The Morgan fingerprint density at radius 2 is 2.11 bits per heavy atom. The van der Waals surface area contributed by atoms with E-state index in [1.165, 1.54) is 19.3 Å². The van der Waals surface area contributed by atoms with E-state index in [2.05, 4.69) is 51.8 Å². The molecule has 1 aromatic rings. The lowest BCUT2D eigenvalue weighted by atomic mass is 10.2. The molecule has 1 heterocycles. The van der Waals surface area contributed by atoms with Crippen molar-refractivity contribution in [3.05, 3.63) is 12.2 Å². The number of rotatable bonds is 9. The van der Waals surface area contributed by atoms with Crippen LogP contribution in [0.3, 0.4) is 0 Å². The summed E-state index contributed by atoms with van der Waals surface area (Å²) >= 11 is 3.46.